The van der Waals surface area contributed by atoms with Gasteiger partial charge in [0.2, 0.25) is 5.91 Å². The predicted octanol–water partition coefficient (Wildman–Crippen LogP) is 5.17. The van der Waals surface area contributed by atoms with Gasteiger partial charge in [-0.15, -0.1) is 11.8 Å². The molecule has 0 aliphatic rings. The highest BCUT2D eigenvalue weighted by atomic mass is 35.5. The summed E-state index contributed by atoms with van der Waals surface area (Å²) in [5.41, 5.74) is 2.91. The van der Waals surface area contributed by atoms with Crippen LogP contribution in [0.1, 0.15) is 11.1 Å². The van der Waals surface area contributed by atoms with Gasteiger partial charge in [-0.2, -0.15) is 0 Å². The molecular formula is C16H15Cl2NOS. The van der Waals surface area contributed by atoms with Crippen molar-refractivity contribution in [2.45, 2.75) is 12.7 Å². The van der Waals surface area contributed by atoms with Gasteiger partial charge in [-0.1, -0.05) is 35.3 Å². The average molecular weight is 340 g/mol. The molecule has 0 radical (unpaired) electrons. The normalized spacial score (nSPS) is 10.4. The molecule has 1 N–H and O–H groups in total. The first kappa shape index (κ1) is 16.2. The minimum Gasteiger partial charge on any atom is -0.325 e. The second kappa shape index (κ2) is 7.74. The maximum Gasteiger partial charge on any atom is 0.234 e. The number of halogens is 2. The monoisotopic (exact) mass is 339 g/mol. The molecule has 2 aromatic carbocycles. The van der Waals surface area contributed by atoms with Crippen molar-refractivity contribution < 1.29 is 4.79 Å². The molecule has 0 aromatic heterocycles. The van der Waals surface area contributed by atoms with Crippen molar-refractivity contribution in [1.29, 1.82) is 0 Å². The third-order valence-corrected chi connectivity index (χ3v) is 4.37. The van der Waals surface area contributed by atoms with Gasteiger partial charge in [-0.25, -0.2) is 0 Å². The number of thioether (sulfide) groups is 1. The molecule has 0 atom stereocenters. The Morgan fingerprint density at radius 3 is 2.43 bits per heavy atom. The van der Waals surface area contributed by atoms with E-state index < -0.39 is 0 Å². The molecule has 2 rings (SSSR count). The minimum atomic E-state index is -0.0145. The molecule has 0 saturated heterocycles. The second-order valence-electron chi connectivity index (χ2n) is 4.63. The average Bonchev–Trinajstić information content (AvgIpc) is 2.44. The van der Waals surface area contributed by atoms with Gasteiger partial charge >= 0.3 is 0 Å². The van der Waals surface area contributed by atoms with E-state index >= 15 is 0 Å². The molecule has 2 aromatic rings. The quantitative estimate of drug-likeness (QED) is 0.813. The van der Waals surface area contributed by atoms with Gasteiger partial charge in [0.15, 0.2) is 0 Å². The van der Waals surface area contributed by atoms with Gasteiger partial charge in [0, 0.05) is 21.5 Å². The number of amides is 1. The lowest BCUT2D eigenvalue weighted by Gasteiger charge is -2.08. The maximum absolute atomic E-state index is 11.9. The van der Waals surface area contributed by atoms with E-state index in [9.17, 15) is 4.79 Å². The summed E-state index contributed by atoms with van der Waals surface area (Å²) >= 11 is 13.3. The van der Waals surface area contributed by atoms with Gasteiger partial charge in [-0.3, -0.25) is 4.79 Å². The Kier molecular flexibility index (Phi) is 5.97. The molecule has 0 aliphatic carbocycles. The highest BCUT2D eigenvalue weighted by Crippen LogP contribution is 2.20. The SMILES string of the molecule is Cc1cc(Cl)ccc1NC(=O)CSCc1ccc(Cl)cc1. The lowest BCUT2D eigenvalue weighted by Crippen LogP contribution is -2.14. The first-order valence-electron chi connectivity index (χ1n) is 6.43. The van der Waals surface area contributed by atoms with Crippen LogP contribution in [0.4, 0.5) is 5.69 Å². The maximum atomic E-state index is 11.9. The van der Waals surface area contributed by atoms with Crippen LogP contribution in [0.25, 0.3) is 0 Å². The standard InChI is InChI=1S/C16H15Cl2NOS/c1-11-8-14(18)6-7-15(11)19-16(20)10-21-9-12-2-4-13(17)5-3-12/h2-8H,9-10H2,1H3,(H,19,20). The zero-order valence-corrected chi connectivity index (χ0v) is 13.9. The molecule has 0 spiro atoms. The van der Waals surface area contributed by atoms with E-state index in [1.165, 1.54) is 0 Å². The van der Waals surface area contributed by atoms with Crippen LogP contribution in [0.5, 0.6) is 0 Å². The molecule has 0 heterocycles. The summed E-state index contributed by atoms with van der Waals surface area (Å²) in [6.45, 7) is 1.92. The van der Waals surface area contributed by atoms with Crippen LogP contribution < -0.4 is 5.32 Å². The van der Waals surface area contributed by atoms with Gasteiger partial charge in [0.25, 0.3) is 0 Å². The molecule has 0 unspecified atom stereocenters. The van der Waals surface area contributed by atoms with Crippen molar-refractivity contribution in [3.63, 3.8) is 0 Å². The van der Waals surface area contributed by atoms with E-state index in [1.54, 1.807) is 17.8 Å². The Hall–Kier alpha value is -1.16. The number of nitrogens with one attached hydrogen (secondary N) is 1. The highest BCUT2D eigenvalue weighted by Gasteiger charge is 2.05. The van der Waals surface area contributed by atoms with Crippen molar-refractivity contribution in [3.05, 3.63) is 63.6 Å². The Morgan fingerprint density at radius 1 is 1.10 bits per heavy atom. The van der Waals surface area contributed by atoms with Crippen molar-refractivity contribution in [3.8, 4) is 0 Å². The van der Waals surface area contributed by atoms with Crippen molar-refractivity contribution >= 4 is 46.6 Å². The fourth-order valence-corrected chi connectivity index (χ4v) is 2.94. The van der Waals surface area contributed by atoms with Crippen LogP contribution in [0.2, 0.25) is 10.0 Å². The molecule has 0 bridgehead atoms. The van der Waals surface area contributed by atoms with Crippen molar-refractivity contribution in [2.75, 3.05) is 11.1 Å². The fourth-order valence-electron chi connectivity index (χ4n) is 1.80. The van der Waals surface area contributed by atoms with Gasteiger partial charge in [0.1, 0.15) is 0 Å². The van der Waals surface area contributed by atoms with E-state index in [0.29, 0.717) is 10.8 Å². The molecule has 0 aliphatic heterocycles. The van der Waals surface area contributed by atoms with Crippen LogP contribution >= 0.6 is 35.0 Å². The number of aryl methyl sites for hydroxylation is 1. The smallest absolute Gasteiger partial charge is 0.234 e. The summed E-state index contributed by atoms with van der Waals surface area (Å²) in [6, 6.07) is 13.1. The van der Waals surface area contributed by atoms with Crippen molar-refractivity contribution in [1.82, 2.24) is 0 Å². The summed E-state index contributed by atoms with van der Waals surface area (Å²) in [6.07, 6.45) is 0. The third kappa shape index (κ3) is 5.27. The van der Waals surface area contributed by atoms with E-state index in [-0.39, 0.29) is 5.91 Å². The number of rotatable bonds is 5. The predicted molar refractivity (Wildman–Crippen MR) is 92.4 cm³/mol. The Bertz CT molecular complexity index is 629. The van der Waals surface area contributed by atoms with E-state index in [0.717, 1.165) is 27.6 Å². The van der Waals surface area contributed by atoms with Gasteiger partial charge in [0.05, 0.1) is 5.75 Å². The van der Waals surface area contributed by atoms with E-state index in [4.69, 9.17) is 23.2 Å². The van der Waals surface area contributed by atoms with E-state index in [1.807, 2.05) is 43.3 Å². The molecule has 0 fully saturated rings. The van der Waals surface area contributed by atoms with Crippen LogP contribution in [-0.4, -0.2) is 11.7 Å². The molecule has 1 amide bonds. The van der Waals surface area contributed by atoms with Gasteiger partial charge in [-0.05, 0) is 48.4 Å². The topological polar surface area (TPSA) is 29.1 Å². The summed E-state index contributed by atoms with van der Waals surface area (Å²) in [5, 5.41) is 4.28. The summed E-state index contributed by atoms with van der Waals surface area (Å²) < 4.78 is 0. The summed E-state index contributed by atoms with van der Waals surface area (Å²) in [5.74, 6) is 1.17. The number of carbonyl (C=O) groups is 1. The zero-order chi connectivity index (χ0) is 15.2. The Balaban J connectivity index is 1.81. The largest absolute Gasteiger partial charge is 0.325 e. The molecule has 5 heteroatoms. The number of benzene rings is 2. The zero-order valence-electron chi connectivity index (χ0n) is 11.5. The number of hydrogen-bond donors (Lipinski definition) is 1. The van der Waals surface area contributed by atoms with Crippen LogP contribution in [0.15, 0.2) is 42.5 Å². The number of anilines is 1. The lowest BCUT2D eigenvalue weighted by atomic mass is 10.2. The van der Waals surface area contributed by atoms with Gasteiger partial charge < -0.3 is 5.32 Å². The first-order chi connectivity index (χ1) is 10.0. The van der Waals surface area contributed by atoms with Crippen LogP contribution in [0, 0.1) is 6.92 Å². The minimum absolute atomic E-state index is 0.0145. The van der Waals surface area contributed by atoms with Crippen LogP contribution in [0.3, 0.4) is 0 Å². The summed E-state index contributed by atoms with van der Waals surface area (Å²) in [4.78, 5) is 11.9. The molecular weight excluding hydrogens is 325 g/mol. The molecule has 2 nitrogen and oxygen atoms in total. The van der Waals surface area contributed by atoms with E-state index in [2.05, 4.69) is 5.32 Å². The highest BCUT2D eigenvalue weighted by molar-refractivity contribution is 7.99. The van der Waals surface area contributed by atoms with Crippen LogP contribution in [-0.2, 0) is 10.5 Å². The molecule has 0 saturated carbocycles. The first-order valence-corrected chi connectivity index (χ1v) is 8.34. The summed E-state index contributed by atoms with van der Waals surface area (Å²) in [7, 11) is 0. The fraction of sp³-hybridized carbons (Fsp3) is 0.188. The third-order valence-electron chi connectivity index (χ3n) is 2.88. The van der Waals surface area contributed by atoms with Crippen molar-refractivity contribution in [2.24, 2.45) is 0 Å². The number of hydrogen-bond acceptors (Lipinski definition) is 2. The lowest BCUT2D eigenvalue weighted by molar-refractivity contribution is -0.113. The number of carbonyl (C=O) groups excluding carboxylic acids is 1. The molecule has 21 heavy (non-hydrogen) atoms. The Morgan fingerprint density at radius 2 is 1.76 bits per heavy atom. The Labute approximate surface area is 138 Å². The second-order valence-corrected chi connectivity index (χ2v) is 6.49. The molecule has 110 valence electrons.